The average Bonchev–Trinajstić information content (AvgIpc) is 3.12. The van der Waals surface area contributed by atoms with Gasteiger partial charge in [-0.2, -0.15) is 0 Å². The number of aromatic nitrogens is 2. The molecule has 0 bridgehead atoms. The maximum atomic E-state index is 12.7. The van der Waals surface area contributed by atoms with Crippen molar-refractivity contribution in [1.82, 2.24) is 9.97 Å². The van der Waals surface area contributed by atoms with Gasteiger partial charge in [0.15, 0.2) is 0 Å². The summed E-state index contributed by atoms with van der Waals surface area (Å²) in [5, 5.41) is 2.87. The molecule has 0 unspecified atom stereocenters. The molecule has 2 aromatic carbocycles. The quantitative estimate of drug-likeness (QED) is 0.768. The Labute approximate surface area is 157 Å². The Morgan fingerprint density at radius 3 is 2.67 bits per heavy atom. The van der Waals surface area contributed by atoms with E-state index in [2.05, 4.69) is 32.3 Å². The summed E-state index contributed by atoms with van der Waals surface area (Å²) in [6, 6.07) is 17.1. The van der Waals surface area contributed by atoms with Crippen molar-refractivity contribution in [3.8, 4) is 5.75 Å². The summed E-state index contributed by atoms with van der Waals surface area (Å²) in [7, 11) is 1.61. The normalized spacial score (nSPS) is 12.6. The zero-order valence-corrected chi connectivity index (χ0v) is 15.3. The van der Waals surface area contributed by atoms with Crippen LogP contribution in [0.3, 0.4) is 0 Å². The predicted octanol–water partition coefficient (Wildman–Crippen LogP) is 3.74. The molecular formula is C21H20N4O2. The van der Waals surface area contributed by atoms with Crippen LogP contribution in [0.25, 0.3) is 0 Å². The van der Waals surface area contributed by atoms with Gasteiger partial charge in [0.1, 0.15) is 11.4 Å². The van der Waals surface area contributed by atoms with Gasteiger partial charge >= 0.3 is 0 Å². The lowest BCUT2D eigenvalue weighted by Gasteiger charge is -2.18. The lowest BCUT2D eigenvalue weighted by atomic mass is 10.2. The molecule has 136 valence electrons. The first kappa shape index (κ1) is 17.0. The van der Waals surface area contributed by atoms with E-state index in [1.807, 2.05) is 19.1 Å². The van der Waals surface area contributed by atoms with Gasteiger partial charge in [0.25, 0.3) is 5.91 Å². The number of fused-ring (bicyclic) bond motifs is 1. The number of carbonyl (C=O) groups excluding carboxylic acids is 1. The molecule has 2 heterocycles. The number of amides is 1. The van der Waals surface area contributed by atoms with Crippen LogP contribution in [-0.2, 0) is 6.42 Å². The van der Waals surface area contributed by atoms with Crippen LogP contribution in [0, 0.1) is 6.92 Å². The molecule has 1 aromatic heterocycles. The molecule has 27 heavy (non-hydrogen) atoms. The maximum absolute atomic E-state index is 12.7. The van der Waals surface area contributed by atoms with E-state index < -0.39 is 0 Å². The first-order valence-corrected chi connectivity index (χ1v) is 8.80. The number of hydrogen-bond donors (Lipinski definition) is 1. The van der Waals surface area contributed by atoms with Gasteiger partial charge in [-0.3, -0.25) is 4.79 Å². The lowest BCUT2D eigenvalue weighted by Crippen LogP contribution is -2.20. The third-order valence-corrected chi connectivity index (χ3v) is 4.55. The van der Waals surface area contributed by atoms with Crippen LogP contribution in [0.15, 0.2) is 54.6 Å². The van der Waals surface area contributed by atoms with Crippen molar-refractivity contribution in [3.63, 3.8) is 0 Å². The molecule has 3 aromatic rings. The topological polar surface area (TPSA) is 67.3 Å². The number of hydrogen-bond acceptors (Lipinski definition) is 5. The molecule has 0 radical (unpaired) electrons. The Hall–Kier alpha value is -3.41. The molecular weight excluding hydrogens is 340 g/mol. The lowest BCUT2D eigenvalue weighted by molar-refractivity contribution is 0.102. The number of para-hydroxylation sites is 1. The number of aryl methyl sites for hydroxylation is 1. The Bertz CT molecular complexity index is 986. The highest BCUT2D eigenvalue weighted by Crippen LogP contribution is 2.32. The van der Waals surface area contributed by atoms with Crippen molar-refractivity contribution in [2.24, 2.45) is 0 Å². The third-order valence-electron chi connectivity index (χ3n) is 4.55. The number of methoxy groups -OCH3 is 1. The summed E-state index contributed by atoms with van der Waals surface area (Å²) >= 11 is 0. The van der Waals surface area contributed by atoms with Crippen molar-refractivity contribution >= 4 is 23.2 Å². The van der Waals surface area contributed by atoms with Gasteiger partial charge in [-0.25, -0.2) is 9.97 Å². The zero-order valence-electron chi connectivity index (χ0n) is 15.3. The van der Waals surface area contributed by atoms with Crippen molar-refractivity contribution < 1.29 is 9.53 Å². The van der Waals surface area contributed by atoms with Crippen LogP contribution in [0.1, 0.15) is 21.7 Å². The number of benzene rings is 2. The summed E-state index contributed by atoms with van der Waals surface area (Å²) in [5.41, 5.74) is 4.16. The number of carbonyl (C=O) groups is 1. The Balaban J connectivity index is 1.59. The van der Waals surface area contributed by atoms with Crippen LogP contribution in [0.2, 0.25) is 0 Å². The summed E-state index contributed by atoms with van der Waals surface area (Å²) in [6.07, 6.45) is 0.945. The molecule has 1 N–H and O–H groups in total. The van der Waals surface area contributed by atoms with Crippen molar-refractivity contribution in [3.05, 3.63) is 71.5 Å². The van der Waals surface area contributed by atoms with E-state index in [0.717, 1.165) is 30.1 Å². The molecule has 0 fully saturated rings. The zero-order chi connectivity index (χ0) is 18.8. The third kappa shape index (κ3) is 3.46. The van der Waals surface area contributed by atoms with Crippen molar-refractivity contribution in [2.45, 2.75) is 13.3 Å². The number of anilines is 3. The first-order valence-electron chi connectivity index (χ1n) is 8.80. The van der Waals surface area contributed by atoms with E-state index in [9.17, 15) is 4.79 Å². The SMILES string of the molecule is COc1ccc(NC(=O)c2cc(C)nc(N3CCc4ccccc43)n2)cc1. The fourth-order valence-corrected chi connectivity index (χ4v) is 3.21. The molecule has 0 saturated heterocycles. The van der Waals surface area contributed by atoms with E-state index in [1.165, 1.54) is 5.56 Å². The number of nitrogens with one attached hydrogen (secondary N) is 1. The monoisotopic (exact) mass is 360 g/mol. The Morgan fingerprint density at radius 2 is 1.89 bits per heavy atom. The average molecular weight is 360 g/mol. The Kier molecular flexibility index (Phi) is 4.46. The predicted molar refractivity (Wildman–Crippen MR) is 105 cm³/mol. The van der Waals surface area contributed by atoms with Crippen molar-refractivity contribution in [1.29, 1.82) is 0 Å². The van der Waals surface area contributed by atoms with E-state index in [0.29, 0.717) is 17.3 Å². The highest BCUT2D eigenvalue weighted by atomic mass is 16.5. The summed E-state index contributed by atoms with van der Waals surface area (Å²) in [4.78, 5) is 23.8. The molecule has 0 atom stereocenters. The fraction of sp³-hybridized carbons (Fsp3) is 0.190. The minimum absolute atomic E-state index is 0.264. The molecule has 4 rings (SSSR count). The van der Waals surface area contributed by atoms with Gasteiger partial charge in [0.2, 0.25) is 5.95 Å². The number of nitrogens with zero attached hydrogens (tertiary/aromatic N) is 3. The van der Waals surface area contributed by atoms with E-state index in [1.54, 1.807) is 37.4 Å². The second-order valence-electron chi connectivity index (χ2n) is 6.41. The van der Waals surface area contributed by atoms with Crippen LogP contribution in [0.4, 0.5) is 17.3 Å². The van der Waals surface area contributed by atoms with E-state index in [4.69, 9.17) is 4.74 Å². The van der Waals surface area contributed by atoms with Crippen LogP contribution in [-0.4, -0.2) is 29.5 Å². The van der Waals surface area contributed by atoms with Crippen LogP contribution in [0.5, 0.6) is 5.75 Å². The fourth-order valence-electron chi connectivity index (χ4n) is 3.21. The molecule has 6 nitrogen and oxygen atoms in total. The molecule has 1 aliphatic rings. The molecule has 0 saturated carbocycles. The van der Waals surface area contributed by atoms with Gasteiger partial charge in [0, 0.05) is 23.6 Å². The van der Waals surface area contributed by atoms with Gasteiger partial charge in [-0.05, 0) is 55.3 Å². The van der Waals surface area contributed by atoms with Gasteiger partial charge in [-0.1, -0.05) is 18.2 Å². The van der Waals surface area contributed by atoms with Crippen LogP contribution >= 0.6 is 0 Å². The smallest absolute Gasteiger partial charge is 0.274 e. The van der Waals surface area contributed by atoms with Gasteiger partial charge < -0.3 is 15.0 Å². The van der Waals surface area contributed by atoms with Crippen LogP contribution < -0.4 is 15.0 Å². The first-order chi connectivity index (χ1) is 13.1. The molecule has 6 heteroatoms. The van der Waals surface area contributed by atoms with E-state index >= 15 is 0 Å². The second kappa shape index (κ2) is 7.07. The summed E-state index contributed by atoms with van der Waals surface area (Å²) in [5.74, 6) is 1.03. The molecule has 0 spiro atoms. The standard InChI is InChI=1S/C21H20N4O2/c1-14-13-18(20(26)23-16-7-9-17(27-2)10-8-16)24-21(22-14)25-12-11-15-5-3-4-6-19(15)25/h3-10,13H,11-12H2,1-2H3,(H,23,26). The van der Waals surface area contributed by atoms with Gasteiger partial charge in [-0.15, -0.1) is 0 Å². The number of ether oxygens (including phenoxy) is 1. The minimum atomic E-state index is -0.264. The number of rotatable bonds is 4. The molecule has 0 aliphatic carbocycles. The van der Waals surface area contributed by atoms with E-state index in [-0.39, 0.29) is 5.91 Å². The molecule has 1 aliphatic heterocycles. The maximum Gasteiger partial charge on any atom is 0.274 e. The highest BCUT2D eigenvalue weighted by molar-refractivity contribution is 6.03. The van der Waals surface area contributed by atoms with Gasteiger partial charge in [0.05, 0.1) is 7.11 Å². The Morgan fingerprint density at radius 1 is 1.11 bits per heavy atom. The second-order valence-corrected chi connectivity index (χ2v) is 6.41. The summed E-state index contributed by atoms with van der Waals surface area (Å²) < 4.78 is 5.14. The highest BCUT2D eigenvalue weighted by Gasteiger charge is 2.23. The minimum Gasteiger partial charge on any atom is -0.497 e. The molecule has 1 amide bonds. The summed E-state index contributed by atoms with van der Waals surface area (Å²) in [6.45, 7) is 2.68. The largest absolute Gasteiger partial charge is 0.497 e. The van der Waals surface area contributed by atoms with Crippen molar-refractivity contribution in [2.75, 3.05) is 23.9 Å².